The van der Waals surface area contributed by atoms with Gasteiger partial charge in [-0.05, 0) is 31.5 Å². The zero-order valence-electron chi connectivity index (χ0n) is 11.3. The van der Waals surface area contributed by atoms with Gasteiger partial charge in [0.15, 0.2) is 0 Å². The molecule has 0 saturated heterocycles. The number of hydrogen-bond donors (Lipinski definition) is 2. The second-order valence-electron chi connectivity index (χ2n) is 4.64. The molecule has 0 bridgehead atoms. The molecule has 2 rings (SSSR count). The van der Waals surface area contributed by atoms with Gasteiger partial charge < -0.3 is 10.0 Å². The number of aromatic hydroxyl groups is 1. The molecule has 2 aromatic rings. The number of H-pyrrole nitrogens is 1. The van der Waals surface area contributed by atoms with Gasteiger partial charge in [-0.3, -0.25) is 9.89 Å². The van der Waals surface area contributed by atoms with Gasteiger partial charge in [-0.25, -0.2) is 0 Å². The molecule has 1 amide bonds. The molecule has 0 spiro atoms. The topological polar surface area (TPSA) is 69.2 Å². The molecular formula is C14H17N3O2. The zero-order valence-corrected chi connectivity index (χ0v) is 11.3. The first kappa shape index (κ1) is 13.1. The third-order valence-electron chi connectivity index (χ3n) is 3.02. The van der Waals surface area contributed by atoms with Crippen LogP contribution in [-0.4, -0.2) is 33.2 Å². The molecule has 1 aromatic carbocycles. The lowest BCUT2D eigenvalue weighted by Gasteiger charge is -2.17. The van der Waals surface area contributed by atoms with Crippen molar-refractivity contribution in [1.29, 1.82) is 0 Å². The molecule has 2 N–H and O–H groups in total. The Kier molecular flexibility index (Phi) is 3.55. The van der Waals surface area contributed by atoms with Crippen molar-refractivity contribution in [3.05, 3.63) is 46.8 Å². The quantitative estimate of drug-likeness (QED) is 0.885. The SMILES string of the molecule is Cc1n[nH]c(C)c1C(=O)N(C)Cc1cccc(O)c1. The maximum absolute atomic E-state index is 12.3. The molecule has 100 valence electrons. The minimum Gasteiger partial charge on any atom is -0.508 e. The van der Waals surface area contributed by atoms with Gasteiger partial charge in [0, 0.05) is 19.3 Å². The number of rotatable bonds is 3. The van der Waals surface area contributed by atoms with Crippen LogP contribution in [0.5, 0.6) is 5.75 Å². The number of carbonyl (C=O) groups is 1. The Morgan fingerprint density at radius 3 is 2.74 bits per heavy atom. The van der Waals surface area contributed by atoms with Crippen molar-refractivity contribution in [2.75, 3.05) is 7.05 Å². The first-order chi connectivity index (χ1) is 8.99. The molecule has 1 heterocycles. The maximum atomic E-state index is 12.3. The number of aromatic amines is 1. The van der Waals surface area contributed by atoms with Crippen LogP contribution in [-0.2, 0) is 6.54 Å². The van der Waals surface area contributed by atoms with E-state index >= 15 is 0 Å². The lowest BCUT2D eigenvalue weighted by molar-refractivity contribution is 0.0783. The molecule has 5 nitrogen and oxygen atoms in total. The standard InChI is InChI=1S/C14H17N3O2/c1-9-13(10(2)16-15-9)14(19)17(3)8-11-5-4-6-12(18)7-11/h4-7,18H,8H2,1-3H3,(H,15,16). The van der Waals surface area contributed by atoms with E-state index in [-0.39, 0.29) is 11.7 Å². The summed E-state index contributed by atoms with van der Waals surface area (Å²) in [6.45, 7) is 4.08. The Morgan fingerprint density at radius 1 is 1.42 bits per heavy atom. The number of hydrogen-bond acceptors (Lipinski definition) is 3. The van der Waals surface area contributed by atoms with Crippen molar-refractivity contribution in [2.45, 2.75) is 20.4 Å². The van der Waals surface area contributed by atoms with Crippen molar-refractivity contribution in [2.24, 2.45) is 0 Å². The Bertz CT molecular complexity index is 585. The van der Waals surface area contributed by atoms with Crippen LogP contribution in [0.4, 0.5) is 0 Å². The van der Waals surface area contributed by atoms with E-state index in [1.807, 2.05) is 13.0 Å². The smallest absolute Gasteiger partial charge is 0.257 e. The van der Waals surface area contributed by atoms with Gasteiger partial charge >= 0.3 is 0 Å². The highest BCUT2D eigenvalue weighted by Gasteiger charge is 2.19. The molecule has 0 unspecified atom stereocenters. The molecule has 0 aliphatic rings. The molecule has 0 atom stereocenters. The molecule has 19 heavy (non-hydrogen) atoms. The largest absolute Gasteiger partial charge is 0.508 e. The molecule has 1 aromatic heterocycles. The molecular weight excluding hydrogens is 242 g/mol. The summed E-state index contributed by atoms with van der Waals surface area (Å²) in [6.07, 6.45) is 0. The fourth-order valence-corrected chi connectivity index (χ4v) is 2.06. The van der Waals surface area contributed by atoms with E-state index in [4.69, 9.17) is 0 Å². The minimum atomic E-state index is -0.0768. The lowest BCUT2D eigenvalue weighted by Crippen LogP contribution is -2.27. The van der Waals surface area contributed by atoms with Gasteiger partial charge in [0.25, 0.3) is 5.91 Å². The van der Waals surface area contributed by atoms with Gasteiger partial charge in [-0.1, -0.05) is 12.1 Å². The van der Waals surface area contributed by atoms with Gasteiger partial charge in [-0.15, -0.1) is 0 Å². The van der Waals surface area contributed by atoms with Crippen LogP contribution < -0.4 is 0 Å². The van der Waals surface area contributed by atoms with Crippen LogP contribution in [0.2, 0.25) is 0 Å². The Balaban J connectivity index is 2.16. The predicted molar refractivity (Wildman–Crippen MR) is 72.0 cm³/mol. The maximum Gasteiger partial charge on any atom is 0.257 e. The third-order valence-corrected chi connectivity index (χ3v) is 3.02. The Hall–Kier alpha value is -2.30. The first-order valence-electron chi connectivity index (χ1n) is 6.04. The number of aromatic nitrogens is 2. The lowest BCUT2D eigenvalue weighted by atomic mass is 10.1. The van der Waals surface area contributed by atoms with Crippen molar-refractivity contribution >= 4 is 5.91 Å². The fourth-order valence-electron chi connectivity index (χ4n) is 2.06. The number of nitrogens with zero attached hydrogens (tertiary/aromatic N) is 2. The second kappa shape index (κ2) is 5.14. The third kappa shape index (κ3) is 2.76. The van der Waals surface area contributed by atoms with Gasteiger partial charge in [-0.2, -0.15) is 5.10 Å². The average Bonchev–Trinajstić information content (AvgIpc) is 2.68. The average molecular weight is 259 g/mol. The zero-order chi connectivity index (χ0) is 14.0. The summed E-state index contributed by atoms with van der Waals surface area (Å²) in [5.41, 5.74) is 2.97. The number of carbonyl (C=O) groups excluding carboxylic acids is 1. The summed E-state index contributed by atoms with van der Waals surface area (Å²) < 4.78 is 0. The van der Waals surface area contributed by atoms with Crippen LogP contribution in [0, 0.1) is 13.8 Å². The van der Waals surface area contributed by atoms with Crippen LogP contribution in [0.25, 0.3) is 0 Å². The fraction of sp³-hybridized carbons (Fsp3) is 0.286. The van der Waals surface area contributed by atoms with Gasteiger partial charge in [0.2, 0.25) is 0 Å². The molecule has 0 aliphatic heterocycles. The minimum absolute atomic E-state index is 0.0768. The highest BCUT2D eigenvalue weighted by molar-refractivity contribution is 5.96. The number of aryl methyl sites for hydroxylation is 2. The van der Waals surface area contributed by atoms with E-state index in [1.165, 1.54) is 0 Å². The molecule has 0 radical (unpaired) electrons. The number of benzene rings is 1. The summed E-state index contributed by atoms with van der Waals surface area (Å²) in [7, 11) is 1.73. The second-order valence-corrected chi connectivity index (χ2v) is 4.64. The van der Waals surface area contributed by atoms with Gasteiger partial charge in [0.05, 0.1) is 11.3 Å². The molecule has 0 saturated carbocycles. The van der Waals surface area contributed by atoms with Crippen LogP contribution in [0.1, 0.15) is 27.3 Å². The summed E-state index contributed by atoms with van der Waals surface area (Å²) in [4.78, 5) is 14.0. The van der Waals surface area contributed by atoms with Crippen LogP contribution in [0.15, 0.2) is 24.3 Å². The highest BCUT2D eigenvalue weighted by atomic mass is 16.3. The van der Waals surface area contributed by atoms with Crippen LogP contribution in [0.3, 0.4) is 0 Å². The number of amides is 1. The molecule has 5 heteroatoms. The first-order valence-corrected chi connectivity index (χ1v) is 6.04. The van der Waals surface area contributed by atoms with E-state index in [0.717, 1.165) is 11.3 Å². The Morgan fingerprint density at radius 2 is 2.16 bits per heavy atom. The number of nitrogens with one attached hydrogen (secondary N) is 1. The highest BCUT2D eigenvalue weighted by Crippen LogP contribution is 2.16. The molecule has 0 fully saturated rings. The van der Waals surface area contributed by atoms with E-state index in [0.29, 0.717) is 17.8 Å². The van der Waals surface area contributed by atoms with Crippen molar-refractivity contribution in [3.63, 3.8) is 0 Å². The van der Waals surface area contributed by atoms with Crippen molar-refractivity contribution < 1.29 is 9.90 Å². The summed E-state index contributed by atoms with van der Waals surface area (Å²) in [5.74, 6) is 0.126. The monoisotopic (exact) mass is 259 g/mol. The van der Waals surface area contributed by atoms with E-state index in [9.17, 15) is 9.90 Å². The Labute approximate surface area is 111 Å². The van der Waals surface area contributed by atoms with Gasteiger partial charge in [0.1, 0.15) is 5.75 Å². The van der Waals surface area contributed by atoms with E-state index in [1.54, 1.807) is 37.1 Å². The summed E-state index contributed by atoms with van der Waals surface area (Å²) in [5, 5.41) is 16.3. The number of phenols is 1. The van der Waals surface area contributed by atoms with E-state index in [2.05, 4.69) is 10.2 Å². The summed E-state index contributed by atoms with van der Waals surface area (Å²) >= 11 is 0. The van der Waals surface area contributed by atoms with Crippen molar-refractivity contribution in [1.82, 2.24) is 15.1 Å². The normalized spacial score (nSPS) is 10.5. The van der Waals surface area contributed by atoms with E-state index < -0.39 is 0 Å². The van der Waals surface area contributed by atoms with Crippen molar-refractivity contribution in [3.8, 4) is 5.75 Å². The predicted octanol–water partition coefficient (Wildman–Crippen LogP) is 2.00. The molecule has 0 aliphatic carbocycles. The summed E-state index contributed by atoms with van der Waals surface area (Å²) in [6, 6.07) is 6.89. The number of phenolic OH excluding ortho intramolecular Hbond substituents is 1. The van der Waals surface area contributed by atoms with Crippen LogP contribution >= 0.6 is 0 Å².